The second-order valence-electron chi connectivity index (χ2n) is 8.67. The number of fused-ring (bicyclic) bond motifs is 1. The lowest BCUT2D eigenvalue weighted by Crippen LogP contribution is -2.38. The van der Waals surface area contributed by atoms with E-state index in [-0.39, 0.29) is 36.2 Å². The minimum Gasteiger partial charge on any atom is -0.354 e. The van der Waals surface area contributed by atoms with Crippen LogP contribution in [0.4, 0.5) is 5.69 Å². The Hall–Kier alpha value is -2.71. The monoisotopic (exact) mass is 455 g/mol. The second kappa shape index (κ2) is 9.03. The van der Waals surface area contributed by atoms with Crippen molar-refractivity contribution in [1.82, 2.24) is 10.0 Å². The van der Waals surface area contributed by atoms with E-state index in [1.165, 1.54) is 11.1 Å². The fourth-order valence-electron chi connectivity index (χ4n) is 4.45. The molecule has 1 saturated heterocycles. The van der Waals surface area contributed by atoms with Gasteiger partial charge in [0.1, 0.15) is 0 Å². The fraction of sp³-hybridized carbons (Fsp3) is 0.417. The number of anilines is 1. The Bertz CT molecular complexity index is 1160. The molecule has 0 radical (unpaired) electrons. The van der Waals surface area contributed by atoms with E-state index in [1.807, 2.05) is 19.1 Å². The molecule has 2 aliphatic rings. The molecule has 2 amide bonds. The van der Waals surface area contributed by atoms with Gasteiger partial charge < -0.3 is 10.2 Å². The lowest BCUT2D eigenvalue weighted by Gasteiger charge is -2.18. The Labute approximate surface area is 189 Å². The Balaban J connectivity index is 1.29. The molecule has 1 aliphatic heterocycles. The van der Waals surface area contributed by atoms with Crippen molar-refractivity contribution in [3.8, 4) is 0 Å². The zero-order valence-corrected chi connectivity index (χ0v) is 19.3. The molecule has 4 rings (SSSR count). The van der Waals surface area contributed by atoms with E-state index in [0.29, 0.717) is 12.1 Å². The molecule has 0 bridgehead atoms. The number of sulfonamides is 1. The molecule has 2 N–H and O–H groups in total. The van der Waals surface area contributed by atoms with Crippen molar-refractivity contribution in [3.05, 3.63) is 58.7 Å². The van der Waals surface area contributed by atoms with Gasteiger partial charge in [-0.05, 0) is 73.6 Å². The van der Waals surface area contributed by atoms with Crippen molar-refractivity contribution in [2.45, 2.75) is 44.4 Å². The Morgan fingerprint density at radius 1 is 1.06 bits per heavy atom. The number of rotatable bonds is 7. The van der Waals surface area contributed by atoms with Gasteiger partial charge in [-0.2, -0.15) is 0 Å². The van der Waals surface area contributed by atoms with Crippen LogP contribution in [0.15, 0.2) is 41.3 Å². The molecular formula is C24H29N3O4S. The number of nitrogens with one attached hydrogen (secondary N) is 2. The Kier molecular flexibility index (Phi) is 6.35. The number of aryl methyl sites for hydroxylation is 4. The fourth-order valence-corrected chi connectivity index (χ4v) is 5.81. The summed E-state index contributed by atoms with van der Waals surface area (Å²) in [6, 6.07) is 11.4. The number of amides is 2. The van der Waals surface area contributed by atoms with Crippen LogP contribution >= 0.6 is 0 Å². The van der Waals surface area contributed by atoms with Crippen LogP contribution in [0.5, 0.6) is 0 Å². The van der Waals surface area contributed by atoms with E-state index in [4.69, 9.17) is 0 Å². The molecule has 170 valence electrons. The first-order chi connectivity index (χ1) is 15.2. The molecule has 2 aromatic rings. The number of hydrogen-bond donors (Lipinski definition) is 2. The van der Waals surface area contributed by atoms with E-state index in [2.05, 4.69) is 22.2 Å². The van der Waals surface area contributed by atoms with Gasteiger partial charge >= 0.3 is 0 Å². The lowest BCUT2D eigenvalue weighted by molar-refractivity contribution is -0.126. The average molecular weight is 456 g/mol. The highest BCUT2D eigenvalue weighted by Crippen LogP contribution is 2.30. The van der Waals surface area contributed by atoms with Crippen LogP contribution in [0.1, 0.15) is 35.1 Å². The third-order valence-corrected chi connectivity index (χ3v) is 7.84. The third kappa shape index (κ3) is 4.71. The van der Waals surface area contributed by atoms with Gasteiger partial charge in [-0.3, -0.25) is 9.59 Å². The van der Waals surface area contributed by atoms with Gasteiger partial charge in [0.15, 0.2) is 0 Å². The minimum absolute atomic E-state index is 0.0567. The summed E-state index contributed by atoms with van der Waals surface area (Å²) in [5, 5.41) is 2.76. The number of benzene rings is 2. The van der Waals surface area contributed by atoms with Crippen LogP contribution in [0.2, 0.25) is 0 Å². The molecular weight excluding hydrogens is 426 g/mol. The molecule has 32 heavy (non-hydrogen) atoms. The first-order valence-electron chi connectivity index (χ1n) is 11.0. The van der Waals surface area contributed by atoms with Crippen molar-refractivity contribution in [2.75, 3.05) is 24.5 Å². The number of nitrogens with zero attached hydrogens (tertiary/aromatic N) is 1. The molecule has 1 aliphatic carbocycles. The van der Waals surface area contributed by atoms with Gasteiger partial charge in [0.25, 0.3) is 0 Å². The summed E-state index contributed by atoms with van der Waals surface area (Å²) in [6.45, 7) is 4.17. The van der Waals surface area contributed by atoms with E-state index in [1.54, 1.807) is 24.0 Å². The highest BCUT2D eigenvalue weighted by atomic mass is 32.2. The molecule has 0 spiro atoms. The van der Waals surface area contributed by atoms with Crippen LogP contribution in [0.3, 0.4) is 0 Å². The van der Waals surface area contributed by atoms with Crippen molar-refractivity contribution >= 4 is 27.5 Å². The highest BCUT2D eigenvalue weighted by molar-refractivity contribution is 7.89. The summed E-state index contributed by atoms with van der Waals surface area (Å²) >= 11 is 0. The maximum absolute atomic E-state index is 12.6. The number of carbonyl (C=O) groups is 2. The van der Waals surface area contributed by atoms with Gasteiger partial charge in [0.05, 0.1) is 10.8 Å². The van der Waals surface area contributed by atoms with Crippen LogP contribution in [0.25, 0.3) is 0 Å². The van der Waals surface area contributed by atoms with Gasteiger partial charge in [-0.1, -0.05) is 18.2 Å². The van der Waals surface area contributed by atoms with Gasteiger partial charge in [-0.15, -0.1) is 0 Å². The summed E-state index contributed by atoms with van der Waals surface area (Å²) in [4.78, 5) is 27.0. The number of hydrogen-bond acceptors (Lipinski definition) is 4. The first-order valence-corrected chi connectivity index (χ1v) is 12.5. The summed E-state index contributed by atoms with van der Waals surface area (Å²) in [7, 11) is -3.65. The lowest BCUT2D eigenvalue weighted by atomic mass is 10.1. The third-order valence-electron chi connectivity index (χ3n) is 6.24. The maximum Gasteiger partial charge on any atom is 0.240 e. The summed E-state index contributed by atoms with van der Waals surface area (Å²) in [5.74, 6) is -0.724. The largest absolute Gasteiger partial charge is 0.354 e. The molecule has 1 unspecified atom stereocenters. The van der Waals surface area contributed by atoms with Crippen LogP contribution in [-0.4, -0.2) is 39.9 Å². The predicted molar refractivity (Wildman–Crippen MR) is 123 cm³/mol. The van der Waals surface area contributed by atoms with E-state index < -0.39 is 15.9 Å². The molecule has 1 atom stereocenters. The Morgan fingerprint density at radius 2 is 1.84 bits per heavy atom. The molecule has 1 fully saturated rings. The summed E-state index contributed by atoms with van der Waals surface area (Å²) in [6.07, 6.45) is 3.43. The maximum atomic E-state index is 12.6. The van der Waals surface area contributed by atoms with E-state index in [0.717, 1.165) is 30.5 Å². The molecule has 1 heterocycles. The topological polar surface area (TPSA) is 95.6 Å². The summed E-state index contributed by atoms with van der Waals surface area (Å²) in [5.41, 5.74) is 5.02. The molecule has 7 nitrogen and oxygen atoms in total. The second-order valence-corrected chi connectivity index (χ2v) is 10.4. The van der Waals surface area contributed by atoms with E-state index in [9.17, 15) is 18.0 Å². The average Bonchev–Trinajstić information content (AvgIpc) is 3.38. The standard InChI is InChI=1S/C24H29N3O4S/c1-16-6-7-17(2)22(12-16)32(30,31)26-11-10-25-24(29)20-14-23(28)27(15-20)21-9-8-18-4-3-5-19(18)13-21/h6-9,12-13,20,26H,3-5,10-11,14-15H2,1-2H3,(H,25,29). The molecule has 0 saturated carbocycles. The van der Waals surface area contributed by atoms with Crippen LogP contribution in [-0.2, 0) is 32.5 Å². The van der Waals surface area contributed by atoms with Crippen molar-refractivity contribution in [3.63, 3.8) is 0 Å². The molecule has 0 aromatic heterocycles. The zero-order chi connectivity index (χ0) is 22.9. The SMILES string of the molecule is Cc1ccc(C)c(S(=O)(=O)NCCNC(=O)C2CC(=O)N(c3ccc4c(c3)CCC4)C2)c1. The normalized spacial score (nSPS) is 18.1. The predicted octanol–water partition coefficient (Wildman–Crippen LogP) is 2.24. The molecule has 8 heteroatoms. The van der Waals surface area contributed by atoms with Gasteiger partial charge in [-0.25, -0.2) is 13.1 Å². The van der Waals surface area contributed by atoms with Crippen molar-refractivity contribution in [1.29, 1.82) is 0 Å². The van der Waals surface area contributed by atoms with Gasteiger partial charge in [0.2, 0.25) is 21.8 Å². The minimum atomic E-state index is -3.65. The smallest absolute Gasteiger partial charge is 0.240 e. The van der Waals surface area contributed by atoms with Gasteiger partial charge in [0, 0.05) is 31.7 Å². The Morgan fingerprint density at radius 3 is 2.66 bits per heavy atom. The van der Waals surface area contributed by atoms with Crippen molar-refractivity contribution < 1.29 is 18.0 Å². The van der Waals surface area contributed by atoms with Crippen molar-refractivity contribution in [2.24, 2.45) is 5.92 Å². The first kappa shape index (κ1) is 22.5. The quantitative estimate of drug-likeness (QED) is 0.626. The molecule has 2 aromatic carbocycles. The van der Waals surface area contributed by atoms with E-state index >= 15 is 0 Å². The number of carbonyl (C=O) groups excluding carboxylic acids is 2. The van der Waals surface area contributed by atoms with Crippen LogP contribution in [0, 0.1) is 19.8 Å². The summed E-state index contributed by atoms with van der Waals surface area (Å²) < 4.78 is 27.6. The van der Waals surface area contributed by atoms with Crippen LogP contribution < -0.4 is 14.9 Å². The zero-order valence-electron chi connectivity index (χ0n) is 18.5. The highest BCUT2D eigenvalue weighted by Gasteiger charge is 2.35.